The fraction of sp³-hybridized carbons (Fsp3) is 0.115. The van der Waals surface area contributed by atoms with Crippen LogP contribution in [0.3, 0.4) is 0 Å². The van der Waals surface area contributed by atoms with Crippen LogP contribution in [0.2, 0.25) is 0 Å². The number of nitrogens with one attached hydrogen (secondary N) is 2. The van der Waals surface area contributed by atoms with Crippen molar-refractivity contribution in [1.29, 1.82) is 0 Å². The van der Waals surface area contributed by atoms with Crippen LogP contribution >= 0.6 is 0 Å². The van der Waals surface area contributed by atoms with E-state index in [0.717, 1.165) is 16.9 Å². The Morgan fingerprint density at radius 2 is 1.75 bits per heavy atom. The summed E-state index contributed by atoms with van der Waals surface area (Å²) in [5, 5.41) is 6.17. The van der Waals surface area contributed by atoms with Gasteiger partial charge in [0.15, 0.2) is 0 Å². The Labute approximate surface area is 187 Å². The van der Waals surface area contributed by atoms with Gasteiger partial charge in [0.2, 0.25) is 0 Å². The number of hydrogen-bond donors (Lipinski definition) is 2. The molecule has 160 valence electrons. The lowest BCUT2D eigenvalue weighted by Crippen LogP contribution is -2.13. The van der Waals surface area contributed by atoms with Gasteiger partial charge in [0.1, 0.15) is 17.9 Å². The van der Waals surface area contributed by atoms with E-state index in [9.17, 15) is 4.79 Å². The van der Waals surface area contributed by atoms with E-state index in [-0.39, 0.29) is 5.91 Å². The van der Waals surface area contributed by atoms with Crippen molar-refractivity contribution in [2.24, 2.45) is 0 Å². The highest BCUT2D eigenvalue weighted by Gasteiger charge is 2.10. The fourth-order valence-corrected chi connectivity index (χ4v) is 3.29. The fourth-order valence-electron chi connectivity index (χ4n) is 3.29. The van der Waals surface area contributed by atoms with Crippen LogP contribution in [0.4, 0.5) is 17.2 Å². The molecular formula is C26H24N4O2. The van der Waals surface area contributed by atoms with Crippen molar-refractivity contribution in [2.45, 2.75) is 13.8 Å². The number of benzene rings is 3. The van der Waals surface area contributed by atoms with Gasteiger partial charge in [-0.25, -0.2) is 9.97 Å². The molecule has 4 aromatic rings. The van der Waals surface area contributed by atoms with Crippen LogP contribution in [0.1, 0.15) is 22.8 Å². The zero-order chi connectivity index (χ0) is 22.3. The molecule has 0 atom stereocenters. The third-order valence-corrected chi connectivity index (χ3v) is 4.84. The quantitative estimate of drug-likeness (QED) is 0.389. The van der Waals surface area contributed by atoms with E-state index in [2.05, 4.69) is 39.7 Å². The van der Waals surface area contributed by atoms with Gasteiger partial charge >= 0.3 is 0 Å². The number of aromatic nitrogens is 2. The minimum atomic E-state index is -0.201. The number of ether oxygens (including phenoxy) is 1. The third kappa shape index (κ3) is 5.10. The van der Waals surface area contributed by atoms with Gasteiger partial charge in [-0.15, -0.1) is 0 Å². The predicted molar refractivity (Wildman–Crippen MR) is 127 cm³/mol. The Bertz CT molecular complexity index is 1220. The number of aryl methyl sites for hydroxylation is 1. The van der Waals surface area contributed by atoms with Crippen molar-refractivity contribution in [3.63, 3.8) is 0 Å². The van der Waals surface area contributed by atoms with Crippen LogP contribution in [0, 0.1) is 6.92 Å². The molecule has 1 amide bonds. The van der Waals surface area contributed by atoms with Crippen molar-refractivity contribution < 1.29 is 9.53 Å². The molecule has 1 aromatic heterocycles. The highest BCUT2D eigenvalue weighted by atomic mass is 16.5. The molecule has 0 bridgehead atoms. The predicted octanol–water partition coefficient (Wildman–Crippen LogP) is 5.85. The highest BCUT2D eigenvalue weighted by molar-refractivity contribution is 6.05. The SMILES string of the molecule is CCOc1ccccc1NC(=O)c1ccc(Nc2cc(-c3cccc(C)c3)ncn2)cc1. The van der Waals surface area contributed by atoms with Gasteiger partial charge in [0, 0.05) is 22.9 Å². The Morgan fingerprint density at radius 1 is 0.938 bits per heavy atom. The third-order valence-electron chi connectivity index (χ3n) is 4.84. The largest absolute Gasteiger partial charge is 0.492 e. The summed E-state index contributed by atoms with van der Waals surface area (Å²) in [7, 11) is 0. The minimum absolute atomic E-state index is 0.201. The standard InChI is InChI=1S/C26H24N4O2/c1-3-32-24-10-5-4-9-22(24)30-26(31)19-11-13-21(14-12-19)29-25-16-23(27-17-28-25)20-8-6-7-18(2)15-20/h4-17H,3H2,1-2H3,(H,30,31)(H,27,28,29). The van der Waals surface area contributed by atoms with E-state index in [1.807, 2.05) is 61.5 Å². The summed E-state index contributed by atoms with van der Waals surface area (Å²) in [4.78, 5) is 21.3. The van der Waals surface area contributed by atoms with Gasteiger partial charge in [0.05, 0.1) is 18.0 Å². The molecule has 2 N–H and O–H groups in total. The summed E-state index contributed by atoms with van der Waals surface area (Å²) >= 11 is 0. The van der Waals surface area contributed by atoms with Gasteiger partial charge in [-0.3, -0.25) is 4.79 Å². The van der Waals surface area contributed by atoms with E-state index < -0.39 is 0 Å². The van der Waals surface area contributed by atoms with Crippen LogP contribution in [0.5, 0.6) is 5.75 Å². The Hall–Kier alpha value is -4.19. The lowest BCUT2D eigenvalue weighted by Gasteiger charge is -2.12. The summed E-state index contributed by atoms with van der Waals surface area (Å²) in [5.74, 6) is 1.13. The molecular weight excluding hydrogens is 400 g/mol. The number of anilines is 3. The molecule has 6 heteroatoms. The monoisotopic (exact) mass is 424 g/mol. The van der Waals surface area contributed by atoms with E-state index in [1.54, 1.807) is 12.1 Å². The second-order valence-corrected chi connectivity index (χ2v) is 7.24. The zero-order valence-corrected chi connectivity index (χ0v) is 18.0. The summed E-state index contributed by atoms with van der Waals surface area (Å²) in [6, 6.07) is 24.7. The Morgan fingerprint density at radius 3 is 2.53 bits per heavy atom. The first-order valence-corrected chi connectivity index (χ1v) is 10.4. The summed E-state index contributed by atoms with van der Waals surface area (Å²) in [5.41, 5.74) is 5.07. The molecule has 0 aliphatic carbocycles. The molecule has 3 aromatic carbocycles. The van der Waals surface area contributed by atoms with E-state index in [4.69, 9.17) is 4.74 Å². The smallest absolute Gasteiger partial charge is 0.255 e. The molecule has 32 heavy (non-hydrogen) atoms. The van der Waals surface area contributed by atoms with Crippen molar-refractivity contribution in [3.8, 4) is 17.0 Å². The van der Waals surface area contributed by atoms with Crippen molar-refractivity contribution in [1.82, 2.24) is 9.97 Å². The number of nitrogens with zero attached hydrogens (tertiary/aromatic N) is 2. The Balaban J connectivity index is 1.45. The van der Waals surface area contributed by atoms with Gasteiger partial charge in [-0.05, 0) is 56.3 Å². The normalized spacial score (nSPS) is 10.4. The first kappa shape index (κ1) is 21.1. The maximum absolute atomic E-state index is 12.7. The van der Waals surface area contributed by atoms with Crippen LogP contribution < -0.4 is 15.4 Å². The maximum Gasteiger partial charge on any atom is 0.255 e. The molecule has 0 radical (unpaired) electrons. The van der Waals surface area contributed by atoms with Crippen LogP contribution in [-0.2, 0) is 0 Å². The minimum Gasteiger partial charge on any atom is -0.492 e. The zero-order valence-electron chi connectivity index (χ0n) is 18.0. The lowest BCUT2D eigenvalue weighted by atomic mass is 10.1. The first-order valence-electron chi connectivity index (χ1n) is 10.4. The molecule has 0 saturated carbocycles. The van der Waals surface area contributed by atoms with E-state index >= 15 is 0 Å². The van der Waals surface area contributed by atoms with Crippen molar-refractivity contribution >= 4 is 23.1 Å². The second-order valence-electron chi connectivity index (χ2n) is 7.24. The molecule has 0 spiro atoms. The molecule has 6 nitrogen and oxygen atoms in total. The van der Waals surface area contributed by atoms with Gasteiger partial charge < -0.3 is 15.4 Å². The molecule has 0 aliphatic heterocycles. The molecule has 0 unspecified atom stereocenters. The van der Waals surface area contributed by atoms with Crippen LogP contribution in [-0.4, -0.2) is 22.5 Å². The molecule has 1 heterocycles. The number of carbonyl (C=O) groups excluding carboxylic acids is 1. The average Bonchev–Trinajstić information content (AvgIpc) is 2.81. The topological polar surface area (TPSA) is 76.1 Å². The van der Waals surface area contributed by atoms with Crippen molar-refractivity contribution in [3.05, 3.63) is 96.3 Å². The van der Waals surface area contributed by atoms with Crippen LogP contribution in [0.15, 0.2) is 85.2 Å². The van der Waals surface area contributed by atoms with Gasteiger partial charge in [-0.2, -0.15) is 0 Å². The highest BCUT2D eigenvalue weighted by Crippen LogP contribution is 2.25. The molecule has 0 saturated heterocycles. The first-order chi connectivity index (χ1) is 15.6. The maximum atomic E-state index is 12.7. The summed E-state index contributed by atoms with van der Waals surface area (Å²) in [6.07, 6.45) is 1.54. The molecule has 4 rings (SSSR count). The number of rotatable bonds is 7. The number of para-hydroxylation sites is 2. The average molecular weight is 425 g/mol. The Kier molecular flexibility index (Phi) is 6.41. The van der Waals surface area contributed by atoms with E-state index in [1.165, 1.54) is 11.9 Å². The van der Waals surface area contributed by atoms with Crippen molar-refractivity contribution in [2.75, 3.05) is 17.2 Å². The second kappa shape index (κ2) is 9.75. The summed E-state index contributed by atoms with van der Waals surface area (Å²) < 4.78 is 5.57. The molecule has 0 aliphatic rings. The van der Waals surface area contributed by atoms with Gasteiger partial charge in [-0.1, -0.05) is 35.9 Å². The van der Waals surface area contributed by atoms with Gasteiger partial charge in [0.25, 0.3) is 5.91 Å². The summed E-state index contributed by atoms with van der Waals surface area (Å²) in [6.45, 7) is 4.49. The number of amides is 1. The van der Waals surface area contributed by atoms with Crippen LogP contribution in [0.25, 0.3) is 11.3 Å². The van der Waals surface area contributed by atoms with E-state index in [0.29, 0.717) is 29.4 Å². The number of hydrogen-bond acceptors (Lipinski definition) is 5. The lowest BCUT2D eigenvalue weighted by molar-refractivity contribution is 0.102. The molecule has 0 fully saturated rings. The number of carbonyl (C=O) groups is 1.